The normalized spacial score (nSPS) is 18.6. The smallest absolute Gasteiger partial charge is 0.207 e. The highest BCUT2D eigenvalue weighted by molar-refractivity contribution is 6.05. The minimum absolute atomic E-state index is 0.0259. The third kappa shape index (κ3) is 3.00. The molecule has 0 saturated carbocycles. The molecule has 2 heteroatoms. The number of hydrogen-bond acceptors (Lipinski definition) is 2. The Morgan fingerprint density at radius 2 is 1.67 bits per heavy atom. The summed E-state index contributed by atoms with van der Waals surface area (Å²) >= 11 is 0. The summed E-state index contributed by atoms with van der Waals surface area (Å²) in [6, 6.07) is 4.27. The molecule has 2 rings (SSSR count). The molecule has 0 fully saturated rings. The van der Waals surface area contributed by atoms with Crippen molar-refractivity contribution in [2.24, 2.45) is 0 Å². The molecule has 0 aromatic heterocycles. The van der Waals surface area contributed by atoms with Gasteiger partial charge in [-0.1, -0.05) is 61.0 Å². The van der Waals surface area contributed by atoms with E-state index >= 15 is 0 Å². The van der Waals surface area contributed by atoms with Crippen molar-refractivity contribution in [3.05, 3.63) is 28.8 Å². The molecule has 0 bridgehead atoms. The minimum atomic E-state index is -0.290. The van der Waals surface area contributed by atoms with Gasteiger partial charge >= 0.3 is 0 Å². The maximum absolute atomic E-state index is 12.6. The van der Waals surface area contributed by atoms with E-state index in [2.05, 4.69) is 54.5 Å². The summed E-state index contributed by atoms with van der Waals surface area (Å²) in [6.07, 6.45) is 1.46. The van der Waals surface area contributed by atoms with Crippen LogP contribution in [0.1, 0.15) is 82.8 Å². The van der Waals surface area contributed by atoms with Gasteiger partial charge in [-0.25, -0.2) is 0 Å². The van der Waals surface area contributed by atoms with Crippen LogP contribution in [0.2, 0.25) is 0 Å². The first-order valence-electron chi connectivity index (χ1n) is 7.95. The quantitative estimate of drug-likeness (QED) is 0.763. The molecule has 0 radical (unpaired) electrons. The van der Waals surface area contributed by atoms with Gasteiger partial charge in [0.05, 0.1) is 5.56 Å². The van der Waals surface area contributed by atoms with Crippen LogP contribution in [0.25, 0.3) is 0 Å². The van der Waals surface area contributed by atoms with Crippen LogP contribution in [0.3, 0.4) is 0 Å². The largest absolute Gasteiger partial charge is 0.481 e. The molecule has 0 N–H and O–H groups in total. The second-order valence-corrected chi connectivity index (χ2v) is 8.16. The number of carbonyl (C=O) groups is 1. The molecule has 21 heavy (non-hydrogen) atoms. The summed E-state index contributed by atoms with van der Waals surface area (Å²) in [7, 11) is 0. The maximum atomic E-state index is 12.6. The molecule has 1 aromatic rings. The van der Waals surface area contributed by atoms with E-state index < -0.39 is 0 Å². The van der Waals surface area contributed by atoms with E-state index in [1.54, 1.807) is 0 Å². The Morgan fingerprint density at radius 3 is 2.14 bits per heavy atom. The summed E-state index contributed by atoms with van der Waals surface area (Å²) in [5.74, 6) is 0.974. The maximum Gasteiger partial charge on any atom is 0.207 e. The van der Waals surface area contributed by atoms with Gasteiger partial charge in [0.15, 0.2) is 6.10 Å². The standard InChI is InChI=1S/C19H28O2/c1-8-9-15-16(20)13-10-12(18(2,3)4)11-14(17(13)21-15)19(5,6)7/h10-11,15H,8-9H2,1-7H3. The molecule has 0 aliphatic carbocycles. The molecule has 2 nitrogen and oxygen atoms in total. The molecule has 116 valence electrons. The lowest BCUT2D eigenvalue weighted by Gasteiger charge is -2.26. The van der Waals surface area contributed by atoms with Crippen molar-refractivity contribution in [1.82, 2.24) is 0 Å². The Balaban J connectivity index is 2.62. The molecular weight excluding hydrogens is 260 g/mol. The topological polar surface area (TPSA) is 26.3 Å². The Bertz CT molecular complexity index is 556. The van der Waals surface area contributed by atoms with E-state index in [1.807, 2.05) is 6.07 Å². The summed E-state index contributed by atoms with van der Waals surface area (Å²) in [4.78, 5) is 12.6. The molecule has 1 aromatic carbocycles. The Labute approximate surface area is 128 Å². The van der Waals surface area contributed by atoms with Crippen molar-refractivity contribution in [2.75, 3.05) is 0 Å². The van der Waals surface area contributed by atoms with Gasteiger partial charge in [0, 0.05) is 5.56 Å². The van der Waals surface area contributed by atoms with Crippen LogP contribution in [0.4, 0.5) is 0 Å². The number of ketones is 1. The average Bonchev–Trinajstić information content (AvgIpc) is 2.64. The highest BCUT2D eigenvalue weighted by Crippen LogP contribution is 2.42. The highest BCUT2D eigenvalue weighted by atomic mass is 16.5. The van der Waals surface area contributed by atoms with Gasteiger partial charge in [-0.05, 0) is 28.9 Å². The zero-order chi connectivity index (χ0) is 16.0. The third-order valence-corrected chi connectivity index (χ3v) is 4.13. The van der Waals surface area contributed by atoms with Crippen LogP contribution < -0.4 is 4.74 Å². The van der Waals surface area contributed by atoms with Gasteiger partial charge in [-0.2, -0.15) is 0 Å². The van der Waals surface area contributed by atoms with E-state index in [0.717, 1.165) is 29.7 Å². The first kappa shape index (κ1) is 16.1. The molecule has 0 spiro atoms. The predicted octanol–water partition coefficient (Wildman–Crippen LogP) is 5.03. The van der Waals surface area contributed by atoms with Gasteiger partial charge in [0.2, 0.25) is 5.78 Å². The van der Waals surface area contributed by atoms with Crippen LogP contribution in [0.5, 0.6) is 5.75 Å². The highest BCUT2D eigenvalue weighted by Gasteiger charge is 2.37. The lowest BCUT2D eigenvalue weighted by Crippen LogP contribution is -2.20. The molecule has 1 aliphatic rings. The Morgan fingerprint density at radius 1 is 1.05 bits per heavy atom. The van der Waals surface area contributed by atoms with Gasteiger partial charge in [-0.15, -0.1) is 0 Å². The number of ether oxygens (including phenoxy) is 1. The Kier molecular flexibility index (Phi) is 3.94. The molecule has 1 atom stereocenters. The molecule has 1 heterocycles. The van der Waals surface area contributed by atoms with Crippen molar-refractivity contribution >= 4 is 5.78 Å². The van der Waals surface area contributed by atoms with Crippen molar-refractivity contribution in [3.63, 3.8) is 0 Å². The summed E-state index contributed by atoms with van der Waals surface area (Å²) < 4.78 is 6.04. The van der Waals surface area contributed by atoms with Crippen LogP contribution in [0, 0.1) is 0 Å². The summed E-state index contributed by atoms with van der Waals surface area (Å²) in [6.45, 7) is 15.2. The van der Waals surface area contributed by atoms with E-state index in [1.165, 1.54) is 5.56 Å². The Hall–Kier alpha value is -1.31. The molecule has 1 aliphatic heterocycles. The van der Waals surface area contributed by atoms with Gasteiger partial charge in [-0.3, -0.25) is 4.79 Å². The summed E-state index contributed by atoms with van der Waals surface area (Å²) in [5, 5.41) is 0. The fourth-order valence-corrected chi connectivity index (χ4v) is 2.75. The van der Waals surface area contributed by atoms with Crippen molar-refractivity contribution < 1.29 is 9.53 Å². The summed E-state index contributed by atoms with van der Waals surface area (Å²) in [5.41, 5.74) is 3.13. The van der Waals surface area contributed by atoms with Crippen molar-refractivity contribution in [2.45, 2.75) is 78.2 Å². The zero-order valence-corrected chi connectivity index (χ0v) is 14.5. The van der Waals surface area contributed by atoms with Crippen LogP contribution in [-0.4, -0.2) is 11.9 Å². The monoisotopic (exact) mass is 288 g/mol. The predicted molar refractivity (Wildman–Crippen MR) is 87.5 cm³/mol. The third-order valence-electron chi connectivity index (χ3n) is 4.13. The number of rotatable bonds is 2. The van der Waals surface area contributed by atoms with Gasteiger partial charge in [0.25, 0.3) is 0 Å². The van der Waals surface area contributed by atoms with E-state index in [4.69, 9.17) is 4.74 Å². The van der Waals surface area contributed by atoms with Crippen LogP contribution >= 0.6 is 0 Å². The second kappa shape index (κ2) is 5.15. The number of fused-ring (bicyclic) bond motifs is 1. The van der Waals surface area contributed by atoms with Crippen molar-refractivity contribution in [3.8, 4) is 5.75 Å². The van der Waals surface area contributed by atoms with E-state index in [0.29, 0.717) is 0 Å². The van der Waals surface area contributed by atoms with Gasteiger partial charge in [0.1, 0.15) is 5.75 Å². The van der Waals surface area contributed by atoms with E-state index in [9.17, 15) is 4.79 Å². The molecule has 1 unspecified atom stereocenters. The average molecular weight is 288 g/mol. The molecular formula is C19H28O2. The fraction of sp³-hybridized carbons (Fsp3) is 0.632. The minimum Gasteiger partial charge on any atom is -0.481 e. The number of carbonyl (C=O) groups excluding carboxylic acids is 1. The number of Topliss-reactive ketones (excluding diaryl/α,β-unsaturated/α-hetero) is 1. The SMILES string of the molecule is CCCC1Oc2c(cc(C(C)(C)C)cc2C(C)(C)C)C1=O. The van der Waals surface area contributed by atoms with Gasteiger partial charge < -0.3 is 4.74 Å². The first-order valence-corrected chi connectivity index (χ1v) is 7.95. The molecule has 0 amide bonds. The zero-order valence-electron chi connectivity index (χ0n) is 14.5. The number of hydrogen-bond donors (Lipinski definition) is 0. The van der Waals surface area contributed by atoms with Crippen LogP contribution in [0.15, 0.2) is 12.1 Å². The van der Waals surface area contributed by atoms with E-state index in [-0.39, 0.29) is 22.7 Å². The fourth-order valence-electron chi connectivity index (χ4n) is 2.75. The first-order chi connectivity index (χ1) is 9.55. The van der Waals surface area contributed by atoms with Crippen molar-refractivity contribution in [1.29, 1.82) is 0 Å². The number of benzene rings is 1. The lowest BCUT2D eigenvalue weighted by atomic mass is 9.78. The molecule has 0 saturated heterocycles. The lowest BCUT2D eigenvalue weighted by molar-refractivity contribution is 0.0843. The van der Waals surface area contributed by atoms with Crippen LogP contribution in [-0.2, 0) is 10.8 Å². The second-order valence-electron chi connectivity index (χ2n) is 8.16.